The molecule has 96 valence electrons. The lowest BCUT2D eigenvalue weighted by molar-refractivity contribution is 0.171. The highest BCUT2D eigenvalue weighted by Crippen LogP contribution is 2.31. The number of hydrogen-bond acceptors (Lipinski definition) is 2. The number of piperidine rings is 1. The monoisotopic (exact) mass is 243 g/mol. The fraction of sp³-hybridized carbons (Fsp3) is 0.467. The molecule has 1 aromatic heterocycles. The number of aromatic amines is 1. The molecule has 1 aliphatic heterocycles. The normalized spacial score (nSPS) is 25.7. The number of nitrogens with two attached hydrogens (primary N) is 1. The van der Waals surface area contributed by atoms with Crippen molar-refractivity contribution >= 4 is 10.9 Å². The molecule has 1 saturated heterocycles. The maximum Gasteiger partial charge on any atom is 0.0456 e. The summed E-state index contributed by atoms with van der Waals surface area (Å²) in [6.07, 6.45) is 2.17. The molecule has 3 heteroatoms. The van der Waals surface area contributed by atoms with Crippen molar-refractivity contribution in [2.75, 3.05) is 13.6 Å². The molecule has 2 atom stereocenters. The van der Waals surface area contributed by atoms with Gasteiger partial charge in [-0.2, -0.15) is 0 Å². The Bertz CT molecular complexity index is 558. The van der Waals surface area contributed by atoms with Gasteiger partial charge in [0.25, 0.3) is 0 Å². The molecule has 3 nitrogen and oxygen atoms in total. The maximum absolute atomic E-state index is 6.11. The second-order valence-electron chi connectivity index (χ2n) is 5.58. The number of nitrogens with zero attached hydrogens (tertiary/aromatic N) is 1. The first-order chi connectivity index (χ1) is 8.63. The minimum absolute atomic E-state index is 0.342. The summed E-state index contributed by atoms with van der Waals surface area (Å²) in [5, 5.41) is 1.30. The number of aromatic nitrogens is 1. The molecule has 2 unspecified atom stereocenters. The Morgan fingerprint density at radius 1 is 1.33 bits per heavy atom. The van der Waals surface area contributed by atoms with Crippen molar-refractivity contribution in [1.29, 1.82) is 0 Å². The third kappa shape index (κ3) is 2.04. The molecule has 0 amide bonds. The molecule has 0 aliphatic carbocycles. The van der Waals surface area contributed by atoms with Crippen molar-refractivity contribution < 1.29 is 0 Å². The zero-order valence-electron chi connectivity index (χ0n) is 11.1. The minimum Gasteiger partial charge on any atom is -0.359 e. The Labute approximate surface area is 108 Å². The van der Waals surface area contributed by atoms with Crippen LogP contribution in [0.25, 0.3) is 10.9 Å². The largest absolute Gasteiger partial charge is 0.359 e. The van der Waals surface area contributed by atoms with Gasteiger partial charge in [-0.05, 0) is 62.5 Å². The predicted molar refractivity (Wildman–Crippen MR) is 75.6 cm³/mol. The van der Waals surface area contributed by atoms with Gasteiger partial charge in [-0.25, -0.2) is 0 Å². The fourth-order valence-corrected chi connectivity index (χ4v) is 3.00. The summed E-state index contributed by atoms with van der Waals surface area (Å²) in [7, 11) is 2.20. The number of benzene rings is 1. The third-order valence-electron chi connectivity index (χ3n) is 4.07. The number of rotatable bonds is 1. The Hall–Kier alpha value is -1.32. The van der Waals surface area contributed by atoms with Gasteiger partial charge in [0.2, 0.25) is 0 Å². The molecule has 0 spiro atoms. The van der Waals surface area contributed by atoms with E-state index in [2.05, 4.69) is 48.1 Å². The molecule has 2 heterocycles. The average Bonchev–Trinajstić information content (AvgIpc) is 2.71. The van der Waals surface area contributed by atoms with Crippen LogP contribution in [0.4, 0.5) is 0 Å². The van der Waals surface area contributed by atoms with Crippen LogP contribution in [-0.4, -0.2) is 29.5 Å². The zero-order chi connectivity index (χ0) is 12.7. The lowest BCUT2D eigenvalue weighted by Gasteiger charge is -2.36. The lowest BCUT2D eigenvalue weighted by Crippen LogP contribution is -2.39. The van der Waals surface area contributed by atoms with Crippen LogP contribution < -0.4 is 5.73 Å². The first-order valence-electron chi connectivity index (χ1n) is 6.68. The van der Waals surface area contributed by atoms with Gasteiger partial charge in [-0.15, -0.1) is 0 Å². The molecule has 18 heavy (non-hydrogen) atoms. The number of hydrogen-bond donors (Lipinski definition) is 2. The van der Waals surface area contributed by atoms with Crippen molar-refractivity contribution in [3.63, 3.8) is 0 Å². The van der Waals surface area contributed by atoms with E-state index in [9.17, 15) is 0 Å². The van der Waals surface area contributed by atoms with Crippen molar-refractivity contribution in [2.45, 2.75) is 31.8 Å². The summed E-state index contributed by atoms with van der Waals surface area (Å²) in [4.78, 5) is 5.79. The van der Waals surface area contributed by atoms with Gasteiger partial charge >= 0.3 is 0 Å². The smallest absolute Gasteiger partial charge is 0.0456 e. The molecule has 1 aliphatic rings. The van der Waals surface area contributed by atoms with Crippen LogP contribution in [0.15, 0.2) is 24.3 Å². The molecular weight excluding hydrogens is 222 g/mol. The van der Waals surface area contributed by atoms with E-state index in [1.54, 1.807) is 0 Å². The van der Waals surface area contributed by atoms with Crippen molar-refractivity contribution in [1.82, 2.24) is 9.88 Å². The zero-order valence-corrected chi connectivity index (χ0v) is 11.1. The summed E-state index contributed by atoms with van der Waals surface area (Å²) in [5.41, 5.74) is 9.94. The van der Waals surface area contributed by atoms with E-state index in [1.165, 1.54) is 22.2 Å². The Balaban J connectivity index is 1.97. The number of aryl methyl sites for hydroxylation is 1. The molecule has 3 rings (SSSR count). The van der Waals surface area contributed by atoms with Crippen LogP contribution in [0.3, 0.4) is 0 Å². The van der Waals surface area contributed by atoms with Crippen molar-refractivity contribution in [3.05, 3.63) is 35.5 Å². The molecular formula is C15H21N3. The maximum atomic E-state index is 6.11. The van der Waals surface area contributed by atoms with E-state index < -0.39 is 0 Å². The van der Waals surface area contributed by atoms with Gasteiger partial charge in [0.1, 0.15) is 0 Å². The SMILES string of the molecule is Cc1cc2cc(C3CC(N)CCN3C)ccc2[nH]1. The lowest BCUT2D eigenvalue weighted by atomic mass is 9.92. The summed E-state index contributed by atoms with van der Waals surface area (Å²) >= 11 is 0. The van der Waals surface area contributed by atoms with Gasteiger partial charge in [0, 0.05) is 23.3 Å². The van der Waals surface area contributed by atoms with E-state index in [-0.39, 0.29) is 0 Å². The fourth-order valence-electron chi connectivity index (χ4n) is 3.00. The van der Waals surface area contributed by atoms with Crippen molar-refractivity contribution in [3.8, 4) is 0 Å². The summed E-state index contributed by atoms with van der Waals surface area (Å²) < 4.78 is 0. The van der Waals surface area contributed by atoms with Crippen LogP contribution in [-0.2, 0) is 0 Å². The van der Waals surface area contributed by atoms with Crippen molar-refractivity contribution in [2.24, 2.45) is 5.73 Å². The molecule has 0 saturated carbocycles. The second-order valence-corrected chi connectivity index (χ2v) is 5.58. The van der Waals surface area contributed by atoms with Crippen LogP contribution in [0.1, 0.15) is 30.1 Å². The average molecular weight is 243 g/mol. The van der Waals surface area contributed by atoms with Crippen LogP contribution >= 0.6 is 0 Å². The number of likely N-dealkylation sites (tertiary alicyclic amines) is 1. The van der Waals surface area contributed by atoms with E-state index >= 15 is 0 Å². The summed E-state index contributed by atoms with van der Waals surface area (Å²) in [5.74, 6) is 0. The van der Waals surface area contributed by atoms with Gasteiger partial charge in [0.05, 0.1) is 0 Å². The Morgan fingerprint density at radius 2 is 2.17 bits per heavy atom. The molecule has 1 fully saturated rings. The quantitative estimate of drug-likeness (QED) is 0.808. The van der Waals surface area contributed by atoms with Gasteiger partial charge in [-0.1, -0.05) is 6.07 Å². The summed E-state index contributed by atoms with van der Waals surface area (Å²) in [6.45, 7) is 3.19. The predicted octanol–water partition coefficient (Wildman–Crippen LogP) is 2.57. The van der Waals surface area contributed by atoms with Crippen LogP contribution in [0, 0.1) is 6.92 Å². The molecule has 0 radical (unpaired) electrons. The van der Waals surface area contributed by atoms with Crippen LogP contribution in [0.2, 0.25) is 0 Å². The van der Waals surface area contributed by atoms with Gasteiger partial charge in [-0.3, -0.25) is 4.90 Å². The molecule has 3 N–H and O–H groups in total. The second kappa shape index (κ2) is 4.41. The highest BCUT2D eigenvalue weighted by molar-refractivity contribution is 5.81. The number of H-pyrrole nitrogens is 1. The highest BCUT2D eigenvalue weighted by Gasteiger charge is 2.25. The Kier molecular flexibility index (Phi) is 2.88. The van der Waals surface area contributed by atoms with E-state index in [0.29, 0.717) is 12.1 Å². The molecule has 0 bridgehead atoms. The third-order valence-corrected chi connectivity index (χ3v) is 4.07. The molecule has 1 aromatic carbocycles. The number of nitrogens with one attached hydrogen (secondary N) is 1. The van der Waals surface area contributed by atoms with Gasteiger partial charge < -0.3 is 10.7 Å². The first kappa shape index (κ1) is 11.8. The summed E-state index contributed by atoms with van der Waals surface area (Å²) in [6, 6.07) is 9.74. The van der Waals surface area contributed by atoms with E-state index in [0.717, 1.165) is 19.4 Å². The standard InChI is InChI=1S/C15H21N3/c1-10-7-12-8-11(3-4-14(12)17-10)15-9-13(16)5-6-18(15)2/h3-4,7-8,13,15,17H,5-6,9,16H2,1-2H3. The van der Waals surface area contributed by atoms with E-state index in [1.807, 2.05) is 0 Å². The van der Waals surface area contributed by atoms with Gasteiger partial charge in [0.15, 0.2) is 0 Å². The van der Waals surface area contributed by atoms with Crippen LogP contribution in [0.5, 0.6) is 0 Å². The highest BCUT2D eigenvalue weighted by atomic mass is 15.1. The minimum atomic E-state index is 0.342. The number of fused-ring (bicyclic) bond motifs is 1. The molecule has 2 aromatic rings. The first-order valence-corrected chi connectivity index (χ1v) is 6.68. The van der Waals surface area contributed by atoms with E-state index in [4.69, 9.17) is 5.73 Å². The topological polar surface area (TPSA) is 45.0 Å². The Morgan fingerprint density at radius 3 is 3.00 bits per heavy atom.